The number of rotatable bonds is 6. The summed E-state index contributed by atoms with van der Waals surface area (Å²) in [5.41, 5.74) is 1.33. The quantitative estimate of drug-likeness (QED) is 0.811. The molecule has 2 rings (SSSR count). The van der Waals surface area contributed by atoms with Crippen LogP contribution in [0.3, 0.4) is 0 Å². The lowest BCUT2D eigenvalue weighted by molar-refractivity contribution is -0.143. The summed E-state index contributed by atoms with van der Waals surface area (Å²) in [6.45, 7) is 4.06. The van der Waals surface area contributed by atoms with Crippen molar-refractivity contribution in [2.45, 2.75) is 64.3 Å². The lowest BCUT2D eigenvalue weighted by atomic mass is 9.85. The van der Waals surface area contributed by atoms with Crippen LogP contribution in [-0.2, 0) is 16.6 Å². The molecule has 1 saturated carbocycles. The van der Waals surface area contributed by atoms with Crippen LogP contribution in [-0.4, -0.2) is 34.8 Å². The normalized spacial score (nSPS) is 16.9. The van der Waals surface area contributed by atoms with Crippen molar-refractivity contribution < 1.29 is 14.3 Å². The Bertz CT molecular complexity index is 574. The zero-order valence-electron chi connectivity index (χ0n) is 15.2. The molecule has 1 amide bonds. The van der Waals surface area contributed by atoms with E-state index in [0.717, 1.165) is 18.5 Å². The molecule has 0 aliphatic heterocycles. The number of hydrogen-bond donors (Lipinski definition) is 1. The Morgan fingerprint density at radius 2 is 2.00 bits per heavy atom. The van der Waals surface area contributed by atoms with Crippen molar-refractivity contribution in [3.05, 3.63) is 17.5 Å². The first kappa shape index (κ1) is 18.5. The van der Waals surface area contributed by atoms with Crippen molar-refractivity contribution in [3.63, 3.8) is 0 Å². The third-order valence-electron chi connectivity index (χ3n) is 4.81. The van der Waals surface area contributed by atoms with E-state index < -0.39 is 6.04 Å². The smallest absolute Gasteiger partial charge is 0.328 e. The van der Waals surface area contributed by atoms with Gasteiger partial charge in [0.1, 0.15) is 11.7 Å². The fourth-order valence-electron chi connectivity index (χ4n) is 3.33. The summed E-state index contributed by atoms with van der Waals surface area (Å²) < 4.78 is 6.46. The van der Waals surface area contributed by atoms with Crippen LogP contribution < -0.4 is 5.32 Å². The van der Waals surface area contributed by atoms with Crippen LogP contribution in [0.1, 0.15) is 74.5 Å². The van der Waals surface area contributed by atoms with E-state index >= 15 is 0 Å². The molecule has 1 N–H and O–H groups in total. The van der Waals surface area contributed by atoms with Crippen molar-refractivity contribution in [2.24, 2.45) is 13.0 Å². The number of nitrogens with one attached hydrogen (secondary N) is 1. The lowest BCUT2D eigenvalue weighted by Gasteiger charge is -2.25. The number of methoxy groups -OCH3 is 1. The highest BCUT2D eigenvalue weighted by Gasteiger charge is 2.28. The second-order valence-corrected chi connectivity index (χ2v) is 7.02. The van der Waals surface area contributed by atoms with Gasteiger partial charge in [-0.2, -0.15) is 5.10 Å². The molecule has 0 spiro atoms. The molecule has 1 aromatic rings. The maximum atomic E-state index is 12.6. The third-order valence-corrected chi connectivity index (χ3v) is 4.81. The second kappa shape index (κ2) is 8.31. The Morgan fingerprint density at radius 1 is 1.33 bits per heavy atom. The number of hydrogen-bond acceptors (Lipinski definition) is 4. The number of amides is 1. The van der Waals surface area contributed by atoms with Crippen LogP contribution in [0.5, 0.6) is 0 Å². The van der Waals surface area contributed by atoms with Gasteiger partial charge in [0.05, 0.1) is 12.8 Å². The summed E-state index contributed by atoms with van der Waals surface area (Å²) in [5.74, 6) is 0.0700. The van der Waals surface area contributed by atoms with E-state index in [9.17, 15) is 9.59 Å². The molecule has 0 bridgehead atoms. The van der Waals surface area contributed by atoms with Gasteiger partial charge in [-0.15, -0.1) is 0 Å². The number of nitrogens with zero attached hydrogens (tertiary/aromatic N) is 2. The highest BCUT2D eigenvalue weighted by molar-refractivity contribution is 5.95. The summed E-state index contributed by atoms with van der Waals surface area (Å²) in [6, 6.07) is 1.19. The Labute approximate surface area is 143 Å². The monoisotopic (exact) mass is 335 g/mol. The summed E-state index contributed by atoms with van der Waals surface area (Å²) in [7, 11) is 3.11. The predicted molar refractivity (Wildman–Crippen MR) is 91.8 cm³/mol. The van der Waals surface area contributed by atoms with E-state index in [1.54, 1.807) is 17.8 Å². The first-order valence-corrected chi connectivity index (χ1v) is 8.85. The first-order valence-electron chi connectivity index (χ1n) is 8.85. The van der Waals surface area contributed by atoms with E-state index in [0.29, 0.717) is 18.0 Å². The van der Waals surface area contributed by atoms with Crippen LogP contribution in [0.4, 0.5) is 0 Å². The summed E-state index contributed by atoms with van der Waals surface area (Å²) in [6.07, 6.45) is 6.54. The van der Waals surface area contributed by atoms with Gasteiger partial charge < -0.3 is 10.1 Å². The number of ether oxygens (including phenoxy) is 1. The molecule has 1 aromatic heterocycles. The largest absolute Gasteiger partial charge is 0.467 e. The number of esters is 1. The Morgan fingerprint density at radius 3 is 2.54 bits per heavy atom. The second-order valence-electron chi connectivity index (χ2n) is 7.02. The van der Waals surface area contributed by atoms with E-state index in [-0.39, 0.29) is 17.8 Å². The van der Waals surface area contributed by atoms with Crippen molar-refractivity contribution in [3.8, 4) is 0 Å². The minimum Gasteiger partial charge on any atom is -0.467 e. The topological polar surface area (TPSA) is 73.2 Å². The van der Waals surface area contributed by atoms with Crippen LogP contribution in [0, 0.1) is 5.92 Å². The van der Waals surface area contributed by atoms with Gasteiger partial charge in [-0.3, -0.25) is 9.48 Å². The molecule has 1 atom stereocenters. The number of aryl methyl sites for hydroxylation is 1. The fraction of sp³-hybridized carbons (Fsp3) is 0.722. The average Bonchev–Trinajstić information content (AvgIpc) is 2.96. The Balaban J connectivity index is 2.07. The molecule has 0 aromatic carbocycles. The fourth-order valence-corrected chi connectivity index (χ4v) is 3.33. The maximum Gasteiger partial charge on any atom is 0.328 e. The molecular formula is C18H29N3O3. The van der Waals surface area contributed by atoms with E-state index in [1.165, 1.54) is 26.4 Å². The van der Waals surface area contributed by atoms with Crippen LogP contribution in [0.15, 0.2) is 6.07 Å². The average molecular weight is 335 g/mol. The molecular weight excluding hydrogens is 306 g/mol. The molecule has 134 valence electrons. The maximum absolute atomic E-state index is 12.6. The third kappa shape index (κ3) is 4.58. The molecule has 0 saturated heterocycles. The minimum absolute atomic E-state index is 0.247. The number of aromatic nitrogens is 2. The molecule has 1 aliphatic carbocycles. The van der Waals surface area contributed by atoms with E-state index in [2.05, 4.69) is 10.4 Å². The van der Waals surface area contributed by atoms with Crippen molar-refractivity contribution >= 4 is 11.9 Å². The summed E-state index contributed by atoms with van der Waals surface area (Å²) in [4.78, 5) is 24.7. The van der Waals surface area contributed by atoms with Gasteiger partial charge in [-0.05, 0) is 24.3 Å². The highest BCUT2D eigenvalue weighted by atomic mass is 16.5. The molecule has 1 fully saturated rings. The zero-order chi connectivity index (χ0) is 17.7. The van der Waals surface area contributed by atoms with Gasteiger partial charge in [-0.1, -0.05) is 46.0 Å². The van der Waals surface area contributed by atoms with Gasteiger partial charge in [0, 0.05) is 7.05 Å². The SMILES string of the molecule is COC(=O)[C@H](CC1CCCCC1)NC(=O)c1cc(C(C)C)nn1C. The van der Waals surface area contributed by atoms with E-state index in [4.69, 9.17) is 4.74 Å². The van der Waals surface area contributed by atoms with Crippen molar-refractivity contribution in [1.82, 2.24) is 15.1 Å². The Kier molecular flexibility index (Phi) is 6.40. The standard InChI is InChI=1S/C18H29N3O3/c1-12(2)14-11-16(21(3)20-14)17(22)19-15(18(23)24-4)10-13-8-6-5-7-9-13/h11-13,15H,5-10H2,1-4H3,(H,19,22)/t15-/m0/s1. The van der Waals surface area contributed by atoms with Crippen molar-refractivity contribution in [1.29, 1.82) is 0 Å². The summed E-state index contributed by atoms with van der Waals surface area (Å²) >= 11 is 0. The van der Waals surface area contributed by atoms with Gasteiger partial charge in [0.15, 0.2) is 0 Å². The molecule has 24 heavy (non-hydrogen) atoms. The summed E-state index contributed by atoms with van der Waals surface area (Å²) in [5, 5.41) is 7.21. The molecule has 6 heteroatoms. The number of carbonyl (C=O) groups excluding carboxylic acids is 2. The highest BCUT2D eigenvalue weighted by Crippen LogP contribution is 2.27. The van der Waals surface area contributed by atoms with Crippen molar-refractivity contribution in [2.75, 3.05) is 7.11 Å². The predicted octanol–water partition coefficient (Wildman–Crippen LogP) is 2.79. The Hall–Kier alpha value is -1.85. The molecule has 1 aliphatic rings. The molecule has 1 heterocycles. The van der Waals surface area contributed by atoms with Gasteiger partial charge in [-0.25, -0.2) is 4.79 Å². The molecule has 6 nitrogen and oxygen atoms in total. The molecule has 0 radical (unpaired) electrons. The van der Waals surface area contributed by atoms with Crippen LogP contribution in [0.2, 0.25) is 0 Å². The first-order chi connectivity index (χ1) is 11.4. The number of carbonyl (C=O) groups is 2. The minimum atomic E-state index is -0.594. The van der Waals surface area contributed by atoms with Crippen LogP contribution >= 0.6 is 0 Å². The zero-order valence-corrected chi connectivity index (χ0v) is 15.2. The van der Waals surface area contributed by atoms with Gasteiger partial charge >= 0.3 is 5.97 Å². The van der Waals surface area contributed by atoms with Gasteiger partial charge in [0.2, 0.25) is 0 Å². The van der Waals surface area contributed by atoms with E-state index in [1.807, 2.05) is 13.8 Å². The van der Waals surface area contributed by atoms with Gasteiger partial charge in [0.25, 0.3) is 5.91 Å². The van der Waals surface area contributed by atoms with Crippen LogP contribution in [0.25, 0.3) is 0 Å². The lowest BCUT2D eigenvalue weighted by Crippen LogP contribution is -2.43. The molecule has 0 unspecified atom stereocenters.